The average Bonchev–Trinajstić information content (AvgIpc) is 3.20. The second-order valence-electron chi connectivity index (χ2n) is 7.23. The first-order chi connectivity index (χ1) is 15.3. The predicted molar refractivity (Wildman–Crippen MR) is 108 cm³/mol. The quantitative estimate of drug-likeness (QED) is 0.633. The van der Waals surface area contributed by atoms with E-state index in [1.807, 2.05) is 30.3 Å². The molecule has 2 aromatic carbocycles. The van der Waals surface area contributed by atoms with Crippen molar-refractivity contribution in [3.63, 3.8) is 0 Å². The molecular formula is C22H19F3N4O3. The highest BCUT2D eigenvalue weighted by Crippen LogP contribution is 2.23. The molecule has 2 amide bonds. The molecule has 32 heavy (non-hydrogen) atoms. The molecule has 1 aliphatic rings. The molecular weight excluding hydrogens is 425 g/mol. The molecule has 0 atom stereocenters. The molecule has 1 aromatic heterocycles. The minimum absolute atomic E-state index is 0.0847. The van der Waals surface area contributed by atoms with Gasteiger partial charge < -0.3 is 19.5 Å². The molecule has 0 radical (unpaired) electrons. The molecule has 1 aliphatic heterocycles. The summed E-state index contributed by atoms with van der Waals surface area (Å²) in [6, 6.07) is 14.8. The van der Waals surface area contributed by atoms with Crippen molar-refractivity contribution in [1.82, 2.24) is 19.8 Å². The van der Waals surface area contributed by atoms with Crippen molar-refractivity contribution >= 4 is 11.8 Å². The molecule has 0 bridgehead atoms. The van der Waals surface area contributed by atoms with E-state index in [4.69, 9.17) is 0 Å². The number of imidazole rings is 1. The van der Waals surface area contributed by atoms with Gasteiger partial charge in [-0.1, -0.05) is 42.5 Å². The maximum absolute atomic E-state index is 12.8. The summed E-state index contributed by atoms with van der Waals surface area (Å²) in [6.07, 6.45) is -3.23. The number of ether oxygens (including phenoxy) is 1. The van der Waals surface area contributed by atoms with Gasteiger partial charge in [-0.2, -0.15) is 0 Å². The van der Waals surface area contributed by atoms with Gasteiger partial charge in [0.25, 0.3) is 11.8 Å². The lowest BCUT2D eigenvalue weighted by molar-refractivity contribution is -0.274. The van der Waals surface area contributed by atoms with Crippen molar-refractivity contribution in [3.8, 4) is 5.75 Å². The monoisotopic (exact) mass is 444 g/mol. The largest absolute Gasteiger partial charge is 0.573 e. The van der Waals surface area contributed by atoms with Gasteiger partial charge in [-0.3, -0.25) is 9.59 Å². The average molecular weight is 444 g/mol. The Hall–Kier alpha value is -3.82. The number of hydrogen-bond donors (Lipinski definition) is 1. The summed E-state index contributed by atoms with van der Waals surface area (Å²) >= 11 is 0. The lowest BCUT2D eigenvalue weighted by Gasteiger charge is -2.27. The molecule has 0 saturated heterocycles. The normalized spacial score (nSPS) is 13.6. The molecule has 4 rings (SSSR count). The fourth-order valence-corrected chi connectivity index (χ4v) is 3.37. The third-order valence-electron chi connectivity index (χ3n) is 4.92. The summed E-state index contributed by atoms with van der Waals surface area (Å²) in [5.41, 5.74) is 1.69. The van der Waals surface area contributed by atoms with Crippen molar-refractivity contribution in [2.75, 3.05) is 6.54 Å². The zero-order chi connectivity index (χ0) is 22.7. The Morgan fingerprint density at radius 3 is 2.44 bits per heavy atom. The van der Waals surface area contributed by atoms with Gasteiger partial charge in [-0.25, -0.2) is 4.98 Å². The van der Waals surface area contributed by atoms with Gasteiger partial charge >= 0.3 is 6.36 Å². The van der Waals surface area contributed by atoms with Gasteiger partial charge in [0.2, 0.25) is 0 Å². The molecule has 0 fully saturated rings. The number of alkyl halides is 3. The molecule has 166 valence electrons. The first-order valence-corrected chi connectivity index (χ1v) is 9.82. The second-order valence-corrected chi connectivity index (χ2v) is 7.23. The molecule has 0 unspecified atom stereocenters. The van der Waals surface area contributed by atoms with Crippen LogP contribution in [0.3, 0.4) is 0 Å². The molecule has 0 aliphatic carbocycles. The van der Waals surface area contributed by atoms with E-state index in [9.17, 15) is 22.8 Å². The number of aromatic nitrogens is 2. The number of nitrogens with one attached hydrogen (secondary N) is 1. The molecule has 7 nitrogen and oxygen atoms in total. The number of halogens is 3. The third kappa shape index (κ3) is 5.08. The van der Waals surface area contributed by atoms with Crippen molar-refractivity contribution < 1.29 is 27.5 Å². The fourth-order valence-electron chi connectivity index (χ4n) is 3.37. The van der Waals surface area contributed by atoms with Crippen LogP contribution in [0, 0.1) is 0 Å². The fraction of sp³-hybridized carbons (Fsp3) is 0.227. The first-order valence-electron chi connectivity index (χ1n) is 9.82. The van der Waals surface area contributed by atoms with Crippen molar-refractivity contribution in [1.29, 1.82) is 0 Å². The SMILES string of the molecule is O=C(NCc1ccc(OC(F)(F)F)cc1)c1cn2c(n1)C(=O)N(Cc1ccccc1)CC2. The molecule has 0 saturated carbocycles. The van der Waals surface area contributed by atoms with Gasteiger partial charge in [0, 0.05) is 32.4 Å². The molecule has 3 aromatic rings. The Morgan fingerprint density at radius 1 is 1.03 bits per heavy atom. The van der Waals surface area contributed by atoms with Crippen molar-refractivity contribution in [2.45, 2.75) is 26.0 Å². The standard InChI is InChI=1S/C22H19F3N4O3/c23-22(24,25)32-17-8-6-15(7-9-17)12-26-20(30)18-14-28-10-11-29(21(31)19(28)27-18)13-16-4-2-1-3-5-16/h1-9,14H,10-13H2,(H,26,30). The molecule has 10 heteroatoms. The first kappa shape index (κ1) is 21.4. The van der Waals surface area contributed by atoms with Crippen LogP contribution in [-0.2, 0) is 19.6 Å². The summed E-state index contributed by atoms with van der Waals surface area (Å²) in [6.45, 7) is 1.57. The topological polar surface area (TPSA) is 76.5 Å². The number of carbonyl (C=O) groups excluding carboxylic acids is 2. The molecule has 0 spiro atoms. The highest BCUT2D eigenvalue weighted by Gasteiger charge is 2.31. The number of carbonyl (C=O) groups is 2. The zero-order valence-electron chi connectivity index (χ0n) is 16.8. The Balaban J connectivity index is 1.37. The number of hydrogen-bond acceptors (Lipinski definition) is 4. The van der Waals surface area contributed by atoms with Crippen LogP contribution in [-0.4, -0.2) is 39.2 Å². The maximum Gasteiger partial charge on any atom is 0.573 e. The van der Waals surface area contributed by atoms with E-state index >= 15 is 0 Å². The van der Waals surface area contributed by atoms with E-state index in [1.54, 1.807) is 9.47 Å². The van der Waals surface area contributed by atoms with Gasteiger partial charge in [-0.15, -0.1) is 13.2 Å². The molecule has 1 N–H and O–H groups in total. The second kappa shape index (κ2) is 8.74. The summed E-state index contributed by atoms with van der Waals surface area (Å²) in [4.78, 5) is 31.2. The van der Waals surface area contributed by atoms with Crippen molar-refractivity contribution in [3.05, 3.63) is 83.4 Å². The maximum atomic E-state index is 12.8. The minimum Gasteiger partial charge on any atom is -0.406 e. The summed E-state index contributed by atoms with van der Waals surface area (Å²) in [5.74, 6) is -0.872. The summed E-state index contributed by atoms with van der Waals surface area (Å²) in [5, 5.41) is 2.66. The highest BCUT2D eigenvalue weighted by molar-refractivity contribution is 5.96. The minimum atomic E-state index is -4.76. The van der Waals surface area contributed by atoms with Crippen LogP contribution in [0.25, 0.3) is 0 Å². The number of nitrogens with zero attached hydrogens (tertiary/aromatic N) is 3. The van der Waals surface area contributed by atoms with Crippen LogP contribution in [0.1, 0.15) is 32.2 Å². The summed E-state index contributed by atoms with van der Waals surface area (Å²) < 4.78 is 42.2. The smallest absolute Gasteiger partial charge is 0.406 e. The Kier molecular flexibility index (Phi) is 5.85. The lowest BCUT2D eigenvalue weighted by Crippen LogP contribution is -2.39. The van der Waals surface area contributed by atoms with Crippen LogP contribution in [0.2, 0.25) is 0 Å². The van der Waals surface area contributed by atoms with Crippen LogP contribution in [0.4, 0.5) is 13.2 Å². The van der Waals surface area contributed by atoms with Crippen LogP contribution in [0.15, 0.2) is 60.8 Å². The van der Waals surface area contributed by atoms with E-state index in [1.165, 1.54) is 30.5 Å². The number of fused-ring (bicyclic) bond motifs is 1. The van der Waals surface area contributed by atoms with Gasteiger partial charge in [0.05, 0.1) is 0 Å². The van der Waals surface area contributed by atoms with Crippen LogP contribution < -0.4 is 10.1 Å². The number of benzene rings is 2. The van der Waals surface area contributed by atoms with E-state index in [0.717, 1.165) is 5.56 Å². The lowest BCUT2D eigenvalue weighted by atomic mass is 10.2. The Labute approximate surface area is 181 Å². The van der Waals surface area contributed by atoms with E-state index < -0.39 is 12.3 Å². The Bertz CT molecular complexity index is 1110. The van der Waals surface area contributed by atoms with Crippen molar-refractivity contribution in [2.24, 2.45) is 0 Å². The van der Waals surface area contributed by atoms with Crippen LogP contribution in [0.5, 0.6) is 5.75 Å². The number of rotatable bonds is 6. The van der Waals surface area contributed by atoms with E-state index in [-0.39, 0.29) is 29.7 Å². The Morgan fingerprint density at radius 2 is 1.75 bits per heavy atom. The van der Waals surface area contributed by atoms with Crippen LogP contribution >= 0.6 is 0 Å². The summed E-state index contributed by atoms with van der Waals surface area (Å²) in [7, 11) is 0. The third-order valence-corrected chi connectivity index (χ3v) is 4.92. The van der Waals surface area contributed by atoms with E-state index in [0.29, 0.717) is 25.2 Å². The van der Waals surface area contributed by atoms with E-state index in [2.05, 4.69) is 15.0 Å². The zero-order valence-corrected chi connectivity index (χ0v) is 16.8. The molecule has 2 heterocycles. The number of amides is 2. The highest BCUT2D eigenvalue weighted by atomic mass is 19.4. The predicted octanol–water partition coefficient (Wildman–Crippen LogP) is 3.37. The van der Waals surface area contributed by atoms with Gasteiger partial charge in [-0.05, 0) is 23.3 Å². The van der Waals surface area contributed by atoms with Gasteiger partial charge in [0.1, 0.15) is 11.4 Å². The van der Waals surface area contributed by atoms with Gasteiger partial charge in [0.15, 0.2) is 5.82 Å².